The molecule has 0 saturated heterocycles. The Morgan fingerprint density at radius 2 is 2.14 bits per heavy atom. The van der Waals surface area contributed by atoms with E-state index >= 15 is 0 Å². The van der Waals surface area contributed by atoms with Gasteiger partial charge in [-0.3, -0.25) is 4.79 Å². The summed E-state index contributed by atoms with van der Waals surface area (Å²) in [6.45, 7) is 4.93. The number of ether oxygens (including phenoxy) is 1. The van der Waals surface area contributed by atoms with E-state index in [0.717, 1.165) is 22.3 Å². The molecule has 0 saturated carbocycles. The van der Waals surface area contributed by atoms with Crippen molar-refractivity contribution in [1.82, 2.24) is 9.97 Å². The van der Waals surface area contributed by atoms with Crippen LogP contribution in [-0.2, 0) is 22.6 Å². The third-order valence-electron chi connectivity index (χ3n) is 4.71. The number of rotatable bonds is 5. The zero-order chi connectivity index (χ0) is 19.7. The maximum atomic E-state index is 12.2. The zero-order valence-corrected chi connectivity index (χ0v) is 17.4. The quantitative estimate of drug-likeness (QED) is 0.482. The predicted octanol–water partition coefficient (Wildman–Crippen LogP) is 4.10. The van der Waals surface area contributed by atoms with Crippen molar-refractivity contribution in [1.29, 1.82) is 0 Å². The topological polar surface area (TPSA) is 90.1 Å². The molecule has 6 nitrogen and oxygen atoms in total. The number of carbonyl (C=O) groups is 1. The summed E-state index contributed by atoms with van der Waals surface area (Å²) in [4.78, 5) is 23.3. The first-order chi connectivity index (χ1) is 13.5. The van der Waals surface area contributed by atoms with Gasteiger partial charge in [-0.1, -0.05) is 43.8 Å². The van der Waals surface area contributed by atoms with Gasteiger partial charge >= 0.3 is 0 Å². The molecular formula is C20H22N4O2S2. The van der Waals surface area contributed by atoms with Gasteiger partial charge in [-0.05, 0) is 23.6 Å². The maximum Gasteiger partial charge on any atom is 0.234 e. The Bertz CT molecular complexity index is 1000. The predicted molar refractivity (Wildman–Crippen MR) is 115 cm³/mol. The standard InChI is InChI=1S/C20H22N4O2S2/c1-11(2)14-8-13-15(9-26-14)28-19-17(13)18(21)23-20(24-19)27-10-16(25)22-12-6-4-3-5-7-12/h3-7,11,14H,8-10H2,1-2H3,(H,22,25)(H2,21,23,24)/t14-/m1/s1. The van der Waals surface area contributed by atoms with Crippen molar-refractivity contribution in [3.63, 3.8) is 0 Å². The summed E-state index contributed by atoms with van der Waals surface area (Å²) >= 11 is 2.90. The molecule has 0 fully saturated rings. The van der Waals surface area contributed by atoms with Gasteiger partial charge in [0.15, 0.2) is 5.16 Å². The Morgan fingerprint density at radius 3 is 2.89 bits per heavy atom. The van der Waals surface area contributed by atoms with Gasteiger partial charge in [0.05, 0.1) is 23.8 Å². The molecule has 0 unspecified atom stereocenters. The molecular weight excluding hydrogens is 392 g/mol. The first-order valence-electron chi connectivity index (χ1n) is 9.18. The van der Waals surface area contributed by atoms with E-state index in [2.05, 4.69) is 29.1 Å². The number of hydrogen-bond acceptors (Lipinski definition) is 7. The summed E-state index contributed by atoms with van der Waals surface area (Å²) in [5, 5.41) is 4.33. The number of nitrogens with one attached hydrogen (secondary N) is 1. The minimum absolute atomic E-state index is 0.0999. The minimum atomic E-state index is -0.0999. The monoisotopic (exact) mass is 414 g/mol. The summed E-state index contributed by atoms with van der Waals surface area (Å²) < 4.78 is 5.96. The van der Waals surface area contributed by atoms with Crippen LogP contribution in [0.3, 0.4) is 0 Å². The van der Waals surface area contributed by atoms with Gasteiger partial charge in [-0.15, -0.1) is 11.3 Å². The highest BCUT2D eigenvalue weighted by molar-refractivity contribution is 7.99. The highest BCUT2D eigenvalue weighted by Crippen LogP contribution is 2.39. The van der Waals surface area contributed by atoms with Crippen molar-refractivity contribution in [3.8, 4) is 0 Å². The number of aromatic nitrogens is 2. The SMILES string of the molecule is CC(C)[C@H]1Cc2c(sc3nc(SCC(=O)Nc4ccccc4)nc(N)c23)CO1. The van der Waals surface area contributed by atoms with Gasteiger partial charge in [0.1, 0.15) is 10.6 Å². The number of fused-ring (bicyclic) bond motifs is 3. The minimum Gasteiger partial charge on any atom is -0.383 e. The lowest BCUT2D eigenvalue weighted by Crippen LogP contribution is -2.26. The smallest absolute Gasteiger partial charge is 0.234 e. The molecule has 4 rings (SSSR count). The number of para-hydroxylation sites is 1. The van der Waals surface area contributed by atoms with E-state index in [0.29, 0.717) is 23.5 Å². The van der Waals surface area contributed by atoms with Crippen molar-refractivity contribution in [2.24, 2.45) is 5.92 Å². The largest absolute Gasteiger partial charge is 0.383 e. The molecule has 146 valence electrons. The van der Waals surface area contributed by atoms with Crippen LogP contribution in [0.25, 0.3) is 10.2 Å². The number of nitrogens with two attached hydrogens (primary N) is 1. The van der Waals surface area contributed by atoms with Gasteiger partial charge in [0.2, 0.25) is 5.91 Å². The van der Waals surface area contributed by atoms with E-state index in [1.54, 1.807) is 11.3 Å². The summed E-state index contributed by atoms with van der Waals surface area (Å²) in [6, 6.07) is 9.38. The molecule has 1 aliphatic heterocycles. The van der Waals surface area contributed by atoms with Crippen LogP contribution in [0, 0.1) is 5.92 Å². The fourth-order valence-electron chi connectivity index (χ4n) is 3.23. The van der Waals surface area contributed by atoms with E-state index in [-0.39, 0.29) is 17.8 Å². The molecule has 1 aromatic carbocycles. The molecule has 3 aromatic rings. The number of nitrogens with zero attached hydrogens (tertiary/aromatic N) is 2. The third kappa shape index (κ3) is 3.99. The number of nitrogen functional groups attached to an aromatic ring is 1. The van der Waals surface area contributed by atoms with Crippen molar-refractivity contribution in [2.75, 3.05) is 16.8 Å². The Kier molecular flexibility index (Phi) is 5.52. The Balaban J connectivity index is 1.50. The third-order valence-corrected chi connectivity index (χ3v) is 6.66. The lowest BCUT2D eigenvalue weighted by molar-refractivity contribution is -0.113. The van der Waals surface area contributed by atoms with Gasteiger partial charge in [-0.2, -0.15) is 0 Å². The van der Waals surface area contributed by atoms with Crippen LogP contribution in [0.5, 0.6) is 0 Å². The second kappa shape index (κ2) is 8.06. The summed E-state index contributed by atoms with van der Waals surface area (Å²) in [5.41, 5.74) is 8.27. The number of hydrogen-bond donors (Lipinski definition) is 2. The Labute approximate surface area is 171 Å². The lowest BCUT2D eigenvalue weighted by atomic mass is 9.96. The number of thioether (sulfide) groups is 1. The molecule has 1 aliphatic rings. The van der Waals surface area contributed by atoms with E-state index in [1.807, 2.05) is 30.3 Å². The summed E-state index contributed by atoms with van der Waals surface area (Å²) in [7, 11) is 0. The van der Waals surface area contributed by atoms with Crippen LogP contribution in [0.2, 0.25) is 0 Å². The highest BCUT2D eigenvalue weighted by Gasteiger charge is 2.27. The molecule has 0 spiro atoms. The van der Waals surface area contributed by atoms with Crippen LogP contribution < -0.4 is 11.1 Å². The van der Waals surface area contributed by atoms with Crippen LogP contribution in [-0.4, -0.2) is 27.7 Å². The second-order valence-electron chi connectivity index (χ2n) is 7.08. The number of thiophene rings is 1. The first kappa shape index (κ1) is 19.2. The molecule has 1 amide bonds. The van der Waals surface area contributed by atoms with Crippen molar-refractivity contribution in [2.45, 2.75) is 38.1 Å². The molecule has 28 heavy (non-hydrogen) atoms. The number of amides is 1. The second-order valence-corrected chi connectivity index (χ2v) is 9.10. The average molecular weight is 415 g/mol. The molecule has 0 bridgehead atoms. The average Bonchev–Trinajstić information content (AvgIpc) is 3.05. The zero-order valence-electron chi connectivity index (χ0n) is 15.8. The number of benzene rings is 1. The van der Waals surface area contributed by atoms with E-state index in [4.69, 9.17) is 10.5 Å². The summed E-state index contributed by atoms with van der Waals surface area (Å²) in [5.74, 6) is 1.06. The van der Waals surface area contributed by atoms with E-state index < -0.39 is 0 Å². The van der Waals surface area contributed by atoms with E-state index in [1.165, 1.54) is 22.2 Å². The van der Waals surface area contributed by atoms with Crippen molar-refractivity contribution < 1.29 is 9.53 Å². The van der Waals surface area contributed by atoms with E-state index in [9.17, 15) is 4.79 Å². The maximum absolute atomic E-state index is 12.2. The Hall–Kier alpha value is -2.16. The van der Waals surface area contributed by atoms with Crippen LogP contribution in [0.15, 0.2) is 35.5 Å². The van der Waals surface area contributed by atoms with Gasteiger partial charge < -0.3 is 15.8 Å². The first-order valence-corrected chi connectivity index (χ1v) is 11.0. The normalized spacial score (nSPS) is 16.3. The molecule has 1 atom stereocenters. The molecule has 8 heteroatoms. The summed E-state index contributed by atoms with van der Waals surface area (Å²) in [6.07, 6.45) is 1.03. The fourth-order valence-corrected chi connectivity index (χ4v) is 5.07. The van der Waals surface area contributed by atoms with Crippen LogP contribution in [0.1, 0.15) is 24.3 Å². The molecule has 3 N–H and O–H groups in total. The van der Waals surface area contributed by atoms with Gasteiger partial charge in [-0.25, -0.2) is 9.97 Å². The molecule has 3 heterocycles. The Morgan fingerprint density at radius 1 is 1.36 bits per heavy atom. The number of carbonyl (C=O) groups excluding carboxylic acids is 1. The molecule has 0 aliphatic carbocycles. The number of anilines is 2. The van der Waals surface area contributed by atoms with Gasteiger partial charge in [0.25, 0.3) is 0 Å². The fraction of sp³-hybridized carbons (Fsp3) is 0.350. The van der Waals surface area contributed by atoms with Gasteiger partial charge in [0, 0.05) is 17.0 Å². The molecule has 0 radical (unpaired) electrons. The lowest BCUT2D eigenvalue weighted by Gasteiger charge is -2.26. The van der Waals surface area contributed by atoms with Crippen LogP contribution in [0.4, 0.5) is 11.5 Å². The van der Waals surface area contributed by atoms with Crippen molar-refractivity contribution in [3.05, 3.63) is 40.8 Å². The van der Waals surface area contributed by atoms with Crippen LogP contribution >= 0.6 is 23.1 Å². The van der Waals surface area contributed by atoms with Crippen molar-refractivity contribution >= 4 is 50.7 Å². The highest BCUT2D eigenvalue weighted by atomic mass is 32.2. The molecule has 2 aromatic heterocycles.